The number of anilines is 4. The van der Waals surface area contributed by atoms with Crippen LogP contribution in [0.2, 0.25) is 0 Å². The molecule has 4 N–H and O–H groups in total. The van der Waals surface area contributed by atoms with Gasteiger partial charge in [0.1, 0.15) is 0 Å². The van der Waals surface area contributed by atoms with E-state index in [1.807, 2.05) is 18.5 Å². The number of rotatable bonds is 4. The highest BCUT2D eigenvalue weighted by molar-refractivity contribution is 5.54. The second kappa shape index (κ2) is 4.47. The molecule has 0 atom stereocenters. The van der Waals surface area contributed by atoms with Gasteiger partial charge in [0, 0.05) is 26.5 Å². The third-order valence-electron chi connectivity index (χ3n) is 1.94. The second-order valence-corrected chi connectivity index (χ2v) is 3.03. The lowest BCUT2D eigenvalue weighted by atomic mass is 10.5. The average molecular weight is 219 g/mol. The molecule has 0 amide bonds. The molecule has 7 nitrogen and oxygen atoms in total. The Balaban J connectivity index is 2.26. The van der Waals surface area contributed by atoms with Gasteiger partial charge in [0.25, 0.3) is 0 Å². The van der Waals surface area contributed by atoms with Crippen LogP contribution in [0.1, 0.15) is 0 Å². The van der Waals surface area contributed by atoms with E-state index in [4.69, 9.17) is 0 Å². The third kappa shape index (κ3) is 2.19. The maximum atomic E-state index is 4.18. The first-order valence-corrected chi connectivity index (χ1v) is 4.83. The van der Waals surface area contributed by atoms with Gasteiger partial charge in [-0.25, -0.2) is 0 Å². The molecule has 0 aliphatic rings. The summed E-state index contributed by atoms with van der Waals surface area (Å²) in [6.45, 7) is 0. The number of nitrogens with zero attached hydrogens (tertiary/aromatic N) is 3. The van der Waals surface area contributed by atoms with Crippen molar-refractivity contribution in [2.24, 2.45) is 0 Å². The zero-order valence-corrected chi connectivity index (χ0v) is 9.07. The predicted molar refractivity (Wildman–Crippen MR) is 63.0 cm³/mol. The number of aromatic nitrogens is 4. The first kappa shape index (κ1) is 10.2. The van der Waals surface area contributed by atoms with Gasteiger partial charge in [-0.05, 0) is 6.07 Å². The molecule has 0 unspecified atom stereocenters. The largest absolute Gasteiger partial charge is 0.366 e. The number of nitrogens with one attached hydrogen (secondary N) is 4. The molecule has 0 aliphatic carbocycles. The van der Waals surface area contributed by atoms with Crippen molar-refractivity contribution in [1.82, 2.24) is 19.9 Å². The summed E-state index contributed by atoms with van der Waals surface area (Å²) < 4.78 is 0. The van der Waals surface area contributed by atoms with Gasteiger partial charge < -0.3 is 20.9 Å². The molecule has 0 aromatic carbocycles. The zero-order valence-electron chi connectivity index (χ0n) is 9.07. The van der Waals surface area contributed by atoms with Crippen molar-refractivity contribution in [2.75, 3.05) is 30.0 Å². The van der Waals surface area contributed by atoms with Crippen LogP contribution in [0.4, 0.5) is 23.5 Å². The van der Waals surface area contributed by atoms with Crippen molar-refractivity contribution in [3.63, 3.8) is 0 Å². The smallest absolute Gasteiger partial charge is 0.233 e. The van der Waals surface area contributed by atoms with Crippen LogP contribution < -0.4 is 16.0 Å². The molecular formula is C9H13N7. The Morgan fingerprint density at radius 1 is 1.00 bits per heavy atom. The van der Waals surface area contributed by atoms with E-state index in [2.05, 4.69) is 35.9 Å². The van der Waals surface area contributed by atoms with Crippen LogP contribution in [0, 0.1) is 0 Å². The Morgan fingerprint density at radius 2 is 1.62 bits per heavy atom. The Morgan fingerprint density at radius 3 is 2.12 bits per heavy atom. The first-order valence-electron chi connectivity index (χ1n) is 4.83. The normalized spacial score (nSPS) is 9.88. The SMILES string of the molecule is CNc1nc(NC)nc(Nc2cc[nH]c2)n1. The van der Waals surface area contributed by atoms with Crippen molar-refractivity contribution in [3.05, 3.63) is 18.5 Å². The average Bonchev–Trinajstić information content (AvgIpc) is 2.81. The topological polar surface area (TPSA) is 90.5 Å². The molecule has 0 fully saturated rings. The van der Waals surface area contributed by atoms with Gasteiger partial charge in [-0.1, -0.05) is 0 Å². The zero-order chi connectivity index (χ0) is 11.4. The van der Waals surface area contributed by atoms with Crippen LogP contribution in [-0.4, -0.2) is 34.0 Å². The van der Waals surface area contributed by atoms with Gasteiger partial charge in [-0.2, -0.15) is 15.0 Å². The fourth-order valence-electron chi connectivity index (χ4n) is 1.19. The van der Waals surface area contributed by atoms with Gasteiger partial charge in [-0.15, -0.1) is 0 Å². The molecule has 0 saturated heterocycles. The van der Waals surface area contributed by atoms with Crippen LogP contribution >= 0.6 is 0 Å². The third-order valence-corrected chi connectivity index (χ3v) is 1.94. The predicted octanol–water partition coefficient (Wildman–Crippen LogP) is 1.03. The van der Waals surface area contributed by atoms with Crippen molar-refractivity contribution >= 4 is 23.5 Å². The number of aromatic amines is 1. The Hall–Kier alpha value is -2.31. The van der Waals surface area contributed by atoms with E-state index in [9.17, 15) is 0 Å². The molecule has 0 saturated carbocycles. The Kier molecular flexibility index (Phi) is 2.86. The van der Waals surface area contributed by atoms with Crippen LogP contribution in [0.15, 0.2) is 18.5 Å². The molecule has 0 aliphatic heterocycles. The molecule has 0 bridgehead atoms. The maximum Gasteiger partial charge on any atom is 0.233 e. The lowest BCUT2D eigenvalue weighted by Gasteiger charge is -2.06. The molecule has 2 rings (SSSR count). The highest BCUT2D eigenvalue weighted by Crippen LogP contribution is 2.14. The summed E-state index contributed by atoms with van der Waals surface area (Å²) >= 11 is 0. The minimum Gasteiger partial charge on any atom is -0.366 e. The first-order chi connectivity index (χ1) is 7.81. The number of hydrogen-bond donors (Lipinski definition) is 4. The van der Waals surface area contributed by atoms with Crippen LogP contribution in [0.5, 0.6) is 0 Å². The minimum atomic E-state index is 0.489. The molecule has 2 heterocycles. The molecule has 0 radical (unpaired) electrons. The monoisotopic (exact) mass is 219 g/mol. The van der Waals surface area contributed by atoms with E-state index in [0.29, 0.717) is 17.8 Å². The lowest BCUT2D eigenvalue weighted by molar-refractivity contribution is 1.05. The maximum absolute atomic E-state index is 4.18. The minimum absolute atomic E-state index is 0.489. The number of hydrogen-bond acceptors (Lipinski definition) is 6. The molecular weight excluding hydrogens is 206 g/mol. The molecule has 2 aromatic heterocycles. The summed E-state index contributed by atoms with van der Waals surface area (Å²) in [5, 5.41) is 8.80. The van der Waals surface area contributed by atoms with E-state index in [1.165, 1.54) is 0 Å². The summed E-state index contributed by atoms with van der Waals surface area (Å²) in [4.78, 5) is 15.4. The molecule has 7 heteroatoms. The molecule has 84 valence electrons. The fraction of sp³-hybridized carbons (Fsp3) is 0.222. The summed E-state index contributed by atoms with van der Waals surface area (Å²) in [5.74, 6) is 1.51. The van der Waals surface area contributed by atoms with E-state index >= 15 is 0 Å². The standard InChI is InChI=1S/C9H13N7/c1-10-7-14-8(11-2)16-9(15-7)13-6-3-4-12-5-6/h3-5,12H,1-2H3,(H3,10,11,13,14,15,16). The Bertz CT molecular complexity index is 429. The highest BCUT2D eigenvalue weighted by Gasteiger charge is 2.04. The molecule has 16 heavy (non-hydrogen) atoms. The van der Waals surface area contributed by atoms with E-state index in [0.717, 1.165) is 5.69 Å². The summed E-state index contributed by atoms with van der Waals surface area (Å²) in [5.41, 5.74) is 0.898. The fourth-order valence-corrected chi connectivity index (χ4v) is 1.19. The van der Waals surface area contributed by atoms with Crippen molar-refractivity contribution in [3.8, 4) is 0 Å². The molecule has 0 spiro atoms. The summed E-state index contributed by atoms with van der Waals surface area (Å²) in [6, 6.07) is 1.89. The lowest BCUT2D eigenvalue weighted by Crippen LogP contribution is -2.06. The van der Waals surface area contributed by atoms with Gasteiger partial charge >= 0.3 is 0 Å². The van der Waals surface area contributed by atoms with Crippen molar-refractivity contribution in [1.29, 1.82) is 0 Å². The van der Waals surface area contributed by atoms with Gasteiger partial charge in [0.05, 0.1) is 5.69 Å². The van der Waals surface area contributed by atoms with Crippen LogP contribution in [-0.2, 0) is 0 Å². The van der Waals surface area contributed by atoms with Gasteiger partial charge in [0.15, 0.2) is 0 Å². The molecule has 2 aromatic rings. The van der Waals surface area contributed by atoms with Gasteiger partial charge in [-0.3, -0.25) is 0 Å². The summed E-state index contributed by atoms with van der Waals surface area (Å²) in [7, 11) is 3.52. The van der Waals surface area contributed by atoms with E-state index in [-0.39, 0.29) is 0 Å². The van der Waals surface area contributed by atoms with Crippen LogP contribution in [0.25, 0.3) is 0 Å². The number of H-pyrrole nitrogens is 1. The quantitative estimate of drug-likeness (QED) is 0.614. The second-order valence-electron chi connectivity index (χ2n) is 3.03. The van der Waals surface area contributed by atoms with E-state index < -0.39 is 0 Å². The van der Waals surface area contributed by atoms with Gasteiger partial charge in [0.2, 0.25) is 17.8 Å². The van der Waals surface area contributed by atoms with E-state index in [1.54, 1.807) is 14.1 Å². The summed E-state index contributed by atoms with van der Waals surface area (Å²) in [6.07, 6.45) is 3.64. The van der Waals surface area contributed by atoms with Crippen LogP contribution in [0.3, 0.4) is 0 Å². The van der Waals surface area contributed by atoms with Crippen molar-refractivity contribution < 1.29 is 0 Å². The van der Waals surface area contributed by atoms with Crippen molar-refractivity contribution in [2.45, 2.75) is 0 Å². The highest BCUT2D eigenvalue weighted by atomic mass is 15.3. The Labute approximate surface area is 92.7 Å².